The normalized spacial score (nSPS) is 10.5. The number of hydrogen-bond donors (Lipinski definition) is 0. The molecule has 0 saturated carbocycles. The topological polar surface area (TPSA) is 86.2 Å². The summed E-state index contributed by atoms with van der Waals surface area (Å²) >= 11 is 5.46. The Morgan fingerprint density at radius 1 is 1.62 bits per heavy atom. The summed E-state index contributed by atoms with van der Waals surface area (Å²) in [7, 11) is 0. The van der Waals surface area contributed by atoms with E-state index in [1.54, 1.807) is 0 Å². The van der Waals surface area contributed by atoms with Crippen LogP contribution in [0, 0.1) is 10.1 Å². The van der Waals surface area contributed by atoms with Crippen LogP contribution in [-0.4, -0.2) is 24.5 Å². The van der Waals surface area contributed by atoms with E-state index in [1.165, 1.54) is 6.20 Å². The van der Waals surface area contributed by atoms with E-state index in [4.69, 9.17) is 11.6 Å². The molecule has 0 spiro atoms. The van der Waals surface area contributed by atoms with Crippen LogP contribution in [0.15, 0.2) is 12.4 Å². The van der Waals surface area contributed by atoms with Gasteiger partial charge in [0.05, 0.1) is 4.92 Å². The van der Waals surface area contributed by atoms with E-state index in [0.717, 1.165) is 10.7 Å². The quantitative estimate of drug-likeness (QED) is 0.498. The third-order valence-corrected chi connectivity index (χ3v) is 1.53. The summed E-state index contributed by atoms with van der Waals surface area (Å²) in [6, 6.07) is 0. The number of nitro groups is 1. The number of aromatic nitrogens is 4. The summed E-state index contributed by atoms with van der Waals surface area (Å²) in [5.74, 6) is 0.232. The fraction of sp³-hybridized carbons (Fsp3) is 0. The molecule has 0 unspecified atom stereocenters. The predicted molar refractivity (Wildman–Crippen MR) is 42.4 cm³/mol. The van der Waals surface area contributed by atoms with Gasteiger partial charge in [-0.2, -0.15) is 9.50 Å². The molecule has 0 amide bonds. The Morgan fingerprint density at radius 3 is 3.08 bits per heavy atom. The molecule has 0 aliphatic heterocycles. The van der Waals surface area contributed by atoms with Crippen molar-refractivity contribution < 1.29 is 4.92 Å². The molecule has 0 aromatic carbocycles. The van der Waals surface area contributed by atoms with Crippen LogP contribution in [-0.2, 0) is 0 Å². The molecule has 66 valence electrons. The molecule has 0 aliphatic rings. The highest BCUT2D eigenvalue weighted by Crippen LogP contribution is 2.10. The van der Waals surface area contributed by atoms with Crippen LogP contribution in [0.1, 0.15) is 0 Å². The monoisotopic (exact) mass is 199 g/mol. The number of fused-ring (bicyclic) bond motifs is 1. The van der Waals surface area contributed by atoms with Crippen molar-refractivity contribution in [1.82, 2.24) is 19.6 Å². The van der Waals surface area contributed by atoms with Gasteiger partial charge in [-0.05, 0) is 11.6 Å². The van der Waals surface area contributed by atoms with Gasteiger partial charge in [0, 0.05) is 0 Å². The first-order valence-electron chi connectivity index (χ1n) is 3.19. The molecule has 2 rings (SSSR count). The van der Waals surface area contributed by atoms with Crippen molar-refractivity contribution in [3.05, 3.63) is 27.8 Å². The molecule has 0 N–H and O–H groups in total. The van der Waals surface area contributed by atoms with Gasteiger partial charge in [0.15, 0.2) is 0 Å². The Labute approximate surface area is 76.1 Å². The third-order valence-electron chi connectivity index (χ3n) is 1.37. The average molecular weight is 200 g/mol. The molecular formula is C5H2ClN5O2. The minimum atomic E-state index is -0.567. The Hall–Kier alpha value is -1.76. The van der Waals surface area contributed by atoms with Crippen molar-refractivity contribution in [3.8, 4) is 0 Å². The zero-order valence-corrected chi connectivity index (χ0v) is 6.84. The Bertz CT molecular complexity index is 481. The molecule has 13 heavy (non-hydrogen) atoms. The van der Waals surface area contributed by atoms with Crippen molar-refractivity contribution in [2.24, 2.45) is 0 Å². The van der Waals surface area contributed by atoms with E-state index >= 15 is 0 Å². The van der Waals surface area contributed by atoms with Crippen molar-refractivity contribution >= 4 is 23.1 Å². The SMILES string of the molecule is O=[N+]([O-])c1cnc2nc(Cl)nn2c1. The Kier molecular flexibility index (Phi) is 1.59. The van der Waals surface area contributed by atoms with Gasteiger partial charge >= 0.3 is 5.69 Å². The second-order valence-corrected chi connectivity index (χ2v) is 2.53. The number of nitrogens with zero attached hydrogens (tertiary/aromatic N) is 5. The van der Waals surface area contributed by atoms with E-state index in [2.05, 4.69) is 15.1 Å². The summed E-state index contributed by atoms with van der Waals surface area (Å²) in [5, 5.41) is 14.0. The maximum absolute atomic E-state index is 10.3. The fourth-order valence-corrected chi connectivity index (χ4v) is 0.998. The van der Waals surface area contributed by atoms with Crippen LogP contribution in [0.25, 0.3) is 5.78 Å². The minimum Gasteiger partial charge on any atom is -0.258 e. The van der Waals surface area contributed by atoms with Crippen LogP contribution in [0.5, 0.6) is 0 Å². The van der Waals surface area contributed by atoms with Gasteiger partial charge in [0.1, 0.15) is 12.4 Å². The van der Waals surface area contributed by atoms with Crippen LogP contribution < -0.4 is 0 Å². The largest absolute Gasteiger partial charge is 0.305 e. The maximum atomic E-state index is 10.3. The van der Waals surface area contributed by atoms with Gasteiger partial charge in [0.2, 0.25) is 5.28 Å². The average Bonchev–Trinajstić information content (AvgIpc) is 2.42. The lowest BCUT2D eigenvalue weighted by atomic mass is 10.6. The summed E-state index contributed by atoms with van der Waals surface area (Å²) in [6.07, 6.45) is 2.29. The Morgan fingerprint density at radius 2 is 2.38 bits per heavy atom. The van der Waals surface area contributed by atoms with Crippen LogP contribution in [0.4, 0.5) is 5.69 Å². The molecule has 0 fully saturated rings. The third kappa shape index (κ3) is 1.29. The summed E-state index contributed by atoms with van der Waals surface area (Å²) in [5.41, 5.74) is -0.158. The first-order chi connectivity index (χ1) is 6.16. The summed E-state index contributed by atoms with van der Waals surface area (Å²) < 4.78 is 1.15. The van der Waals surface area contributed by atoms with Crippen molar-refractivity contribution in [1.29, 1.82) is 0 Å². The zero-order valence-electron chi connectivity index (χ0n) is 6.09. The molecule has 0 saturated heterocycles. The standard InChI is InChI=1S/C5H2ClN5O2/c6-4-8-5-7-1-3(11(12)13)2-10(5)9-4/h1-2H. The molecule has 2 aromatic rings. The fourth-order valence-electron chi connectivity index (χ4n) is 0.841. The van der Waals surface area contributed by atoms with Gasteiger partial charge in [-0.25, -0.2) is 4.98 Å². The molecule has 0 atom stereocenters. The van der Waals surface area contributed by atoms with E-state index in [1.807, 2.05) is 0 Å². The summed E-state index contributed by atoms with van der Waals surface area (Å²) in [4.78, 5) is 17.1. The number of rotatable bonds is 1. The second-order valence-electron chi connectivity index (χ2n) is 2.19. The number of halogens is 1. The van der Waals surface area contributed by atoms with Crippen LogP contribution >= 0.6 is 11.6 Å². The van der Waals surface area contributed by atoms with E-state index in [9.17, 15) is 10.1 Å². The number of hydrogen-bond acceptors (Lipinski definition) is 5. The molecule has 2 heterocycles. The van der Waals surface area contributed by atoms with Gasteiger partial charge in [-0.3, -0.25) is 10.1 Å². The zero-order chi connectivity index (χ0) is 9.42. The van der Waals surface area contributed by atoms with Gasteiger partial charge in [-0.1, -0.05) is 0 Å². The molecule has 0 aliphatic carbocycles. The Balaban J connectivity index is 2.67. The van der Waals surface area contributed by atoms with E-state index in [0.29, 0.717) is 0 Å². The lowest BCUT2D eigenvalue weighted by molar-refractivity contribution is -0.385. The highest BCUT2D eigenvalue weighted by atomic mass is 35.5. The van der Waals surface area contributed by atoms with Gasteiger partial charge in [-0.15, -0.1) is 5.10 Å². The smallest absolute Gasteiger partial charge is 0.258 e. The van der Waals surface area contributed by atoms with E-state index in [-0.39, 0.29) is 16.7 Å². The second kappa shape index (κ2) is 2.63. The first-order valence-corrected chi connectivity index (χ1v) is 3.57. The minimum absolute atomic E-state index is 0.00741. The van der Waals surface area contributed by atoms with Crippen LogP contribution in [0.2, 0.25) is 5.28 Å². The molecular weight excluding hydrogens is 198 g/mol. The highest BCUT2D eigenvalue weighted by Gasteiger charge is 2.09. The molecule has 8 heteroatoms. The lowest BCUT2D eigenvalue weighted by Gasteiger charge is -1.89. The first kappa shape index (κ1) is 7.87. The maximum Gasteiger partial charge on any atom is 0.305 e. The summed E-state index contributed by atoms with van der Waals surface area (Å²) in [6.45, 7) is 0. The molecule has 0 radical (unpaired) electrons. The molecule has 2 aromatic heterocycles. The van der Waals surface area contributed by atoms with Crippen molar-refractivity contribution in [3.63, 3.8) is 0 Å². The van der Waals surface area contributed by atoms with Gasteiger partial charge in [0.25, 0.3) is 5.78 Å². The van der Waals surface area contributed by atoms with Gasteiger partial charge < -0.3 is 0 Å². The predicted octanol–water partition coefficient (Wildman–Crippen LogP) is 0.686. The molecule has 0 bridgehead atoms. The lowest BCUT2D eigenvalue weighted by Crippen LogP contribution is -1.95. The molecule has 7 nitrogen and oxygen atoms in total. The van der Waals surface area contributed by atoms with Crippen LogP contribution in [0.3, 0.4) is 0 Å². The van der Waals surface area contributed by atoms with E-state index < -0.39 is 4.92 Å². The van der Waals surface area contributed by atoms with Crippen molar-refractivity contribution in [2.45, 2.75) is 0 Å². The van der Waals surface area contributed by atoms with Crippen molar-refractivity contribution in [2.75, 3.05) is 0 Å². The highest BCUT2D eigenvalue weighted by molar-refractivity contribution is 6.28.